The smallest absolute Gasteiger partial charge is 0.410 e. The molecular formula is C22H23NO4. The Morgan fingerprint density at radius 2 is 1.52 bits per heavy atom. The van der Waals surface area contributed by atoms with Crippen LogP contribution in [0, 0.1) is 5.92 Å². The number of carbonyl (C=O) groups excluding carboxylic acids is 2. The highest BCUT2D eigenvalue weighted by atomic mass is 16.6. The lowest BCUT2D eigenvalue weighted by molar-refractivity contribution is -0.0755. The SMILES string of the molecule is O=C(c1ccccc1)C1CC2COCC(C1)N2C(=O)OCc1ccccc1. The van der Waals surface area contributed by atoms with Crippen molar-refractivity contribution in [2.45, 2.75) is 31.5 Å². The summed E-state index contributed by atoms with van der Waals surface area (Å²) in [6, 6.07) is 18.8. The first-order chi connectivity index (χ1) is 13.2. The van der Waals surface area contributed by atoms with Crippen LogP contribution in [0.5, 0.6) is 0 Å². The second kappa shape index (κ2) is 7.92. The number of morpholine rings is 1. The van der Waals surface area contributed by atoms with E-state index in [-0.39, 0.29) is 36.5 Å². The summed E-state index contributed by atoms with van der Waals surface area (Å²) in [6.45, 7) is 1.16. The number of nitrogens with zero attached hydrogens (tertiary/aromatic N) is 1. The van der Waals surface area contributed by atoms with Crippen LogP contribution in [0.25, 0.3) is 0 Å². The average Bonchev–Trinajstić information content (AvgIpc) is 2.72. The highest BCUT2D eigenvalue weighted by Crippen LogP contribution is 2.34. The fraction of sp³-hybridized carbons (Fsp3) is 0.364. The van der Waals surface area contributed by atoms with Crippen molar-refractivity contribution in [3.8, 4) is 0 Å². The molecule has 2 atom stereocenters. The molecule has 4 rings (SSSR count). The van der Waals surface area contributed by atoms with E-state index in [0.717, 1.165) is 11.1 Å². The summed E-state index contributed by atoms with van der Waals surface area (Å²) in [5.74, 6) is 0.0780. The number of fused-ring (bicyclic) bond motifs is 2. The number of hydrogen-bond donors (Lipinski definition) is 0. The maximum Gasteiger partial charge on any atom is 0.410 e. The van der Waals surface area contributed by atoms with E-state index in [2.05, 4.69) is 0 Å². The molecule has 5 heteroatoms. The number of ketones is 1. The number of ether oxygens (including phenoxy) is 2. The van der Waals surface area contributed by atoms with Crippen LogP contribution in [0.15, 0.2) is 60.7 Å². The van der Waals surface area contributed by atoms with E-state index >= 15 is 0 Å². The highest BCUT2D eigenvalue weighted by Gasteiger charge is 2.44. The third kappa shape index (κ3) is 3.88. The Balaban J connectivity index is 1.42. The standard InChI is InChI=1S/C22H23NO4/c24-21(17-9-5-2-6-10-17)18-11-19-14-26-15-20(12-18)23(19)22(25)27-13-16-7-3-1-4-8-16/h1-10,18-20H,11-15H2. The Labute approximate surface area is 158 Å². The van der Waals surface area contributed by atoms with Gasteiger partial charge in [-0.3, -0.25) is 9.69 Å². The topological polar surface area (TPSA) is 55.8 Å². The van der Waals surface area contributed by atoms with Gasteiger partial charge in [-0.25, -0.2) is 4.79 Å². The predicted octanol–water partition coefficient (Wildman–Crippen LogP) is 3.69. The van der Waals surface area contributed by atoms with Gasteiger partial charge >= 0.3 is 6.09 Å². The minimum absolute atomic E-state index is 0.0792. The van der Waals surface area contributed by atoms with Gasteiger partial charge in [0.05, 0.1) is 25.3 Å². The third-order valence-corrected chi connectivity index (χ3v) is 5.37. The quantitative estimate of drug-likeness (QED) is 0.776. The lowest BCUT2D eigenvalue weighted by Crippen LogP contribution is -2.59. The summed E-state index contributed by atoms with van der Waals surface area (Å²) >= 11 is 0. The van der Waals surface area contributed by atoms with Crippen molar-refractivity contribution in [3.05, 3.63) is 71.8 Å². The van der Waals surface area contributed by atoms with Crippen LogP contribution in [0.3, 0.4) is 0 Å². The maximum atomic E-state index is 12.8. The van der Waals surface area contributed by atoms with Crippen LogP contribution in [0.1, 0.15) is 28.8 Å². The molecule has 2 aromatic carbocycles. The molecule has 2 bridgehead atoms. The molecule has 0 N–H and O–H groups in total. The zero-order valence-electron chi connectivity index (χ0n) is 15.1. The summed E-state index contributed by atoms with van der Waals surface area (Å²) in [5, 5.41) is 0. The van der Waals surface area contributed by atoms with Gasteiger partial charge < -0.3 is 9.47 Å². The van der Waals surface area contributed by atoms with E-state index in [1.165, 1.54) is 0 Å². The molecule has 0 aromatic heterocycles. The molecule has 140 valence electrons. The van der Waals surface area contributed by atoms with Gasteiger partial charge in [-0.05, 0) is 18.4 Å². The fourth-order valence-electron chi connectivity index (χ4n) is 4.06. The van der Waals surface area contributed by atoms with Crippen molar-refractivity contribution in [3.63, 3.8) is 0 Å². The van der Waals surface area contributed by atoms with E-state index in [0.29, 0.717) is 26.1 Å². The second-order valence-corrected chi connectivity index (χ2v) is 7.19. The minimum atomic E-state index is -0.317. The third-order valence-electron chi connectivity index (χ3n) is 5.37. The summed E-state index contributed by atoms with van der Waals surface area (Å²) in [7, 11) is 0. The molecule has 2 fully saturated rings. The number of rotatable bonds is 4. The lowest BCUT2D eigenvalue weighted by Gasteiger charge is -2.47. The number of benzene rings is 2. The van der Waals surface area contributed by atoms with E-state index in [1.54, 1.807) is 4.90 Å². The van der Waals surface area contributed by atoms with Gasteiger partial charge in [0.25, 0.3) is 0 Å². The lowest BCUT2D eigenvalue weighted by atomic mass is 9.81. The van der Waals surface area contributed by atoms with Crippen molar-refractivity contribution in [1.29, 1.82) is 0 Å². The predicted molar refractivity (Wildman–Crippen MR) is 100 cm³/mol. The second-order valence-electron chi connectivity index (χ2n) is 7.19. The first-order valence-electron chi connectivity index (χ1n) is 9.38. The van der Waals surface area contributed by atoms with Gasteiger partial charge in [0.15, 0.2) is 5.78 Å². The largest absolute Gasteiger partial charge is 0.445 e. The number of carbonyl (C=O) groups is 2. The van der Waals surface area contributed by atoms with Crippen LogP contribution in [-0.4, -0.2) is 42.1 Å². The minimum Gasteiger partial charge on any atom is -0.445 e. The number of amides is 1. The summed E-state index contributed by atoms with van der Waals surface area (Å²) in [4.78, 5) is 27.3. The Morgan fingerprint density at radius 3 is 2.15 bits per heavy atom. The molecule has 2 aliphatic rings. The molecule has 0 saturated carbocycles. The molecule has 0 radical (unpaired) electrons. The van der Waals surface area contributed by atoms with Crippen LogP contribution in [0.2, 0.25) is 0 Å². The molecule has 5 nitrogen and oxygen atoms in total. The zero-order chi connectivity index (χ0) is 18.6. The molecule has 0 aliphatic carbocycles. The monoisotopic (exact) mass is 365 g/mol. The molecule has 2 aromatic rings. The molecule has 2 saturated heterocycles. The van der Waals surface area contributed by atoms with E-state index in [9.17, 15) is 9.59 Å². The summed E-state index contributed by atoms with van der Waals surface area (Å²) in [5.41, 5.74) is 1.70. The van der Waals surface area contributed by atoms with Crippen molar-refractivity contribution >= 4 is 11.9 Å². The molecule has 2 aliphatic heterocycles. The van der Waals surface area contributed by atoms with Crippen molar-refractivity contribution in [1.82, 2.24) is 4.90 Å². The van der Waals surface area contributed by atoms with Crippen molar-refractivity contribution in [2.24, 2.45) is 5.92 Å². The number of hydrogen-bond acceptors (Lipinski definition) is 4. The average molecular weight is 365 g/mol. The molecule has 1 amide bonds. The Morgan fingerprint density at radius 1 is 0.926 bits per heavy atom. The van der Waals surface area contributed by atoms with Gasteiger partial charge in [0.1, 0.15) is 6.61 Å². The van der Waals surface area contributed by atoms with Crippen LogP contribution < -0.4 is 0 Å². The molecule has 2 unspecified atom stereocenters. The Kier molecular flexibility index (Phi) is 5.21. The first-order valence-corrected chi connectivity index (χ1v) is 9.38. The van der Waals surface area contributed by atoms with Gasteiger partial charge in [0.2, 0.25) is 0 Å². The summed E-state index contributed by atoms with van der Waals surface area (Å²) in [6.07, 6.45) is 0.915. The van der Waals surface area contributed by atoms with E-state index in [4.69, 9.17) is 9.47 Å². The first kappa shape index (κ1) is 17.7. The van der Waals surface area contributed by atoms with Gasteiger partial charge in [-0.2, -0.15) is 0 Å². The molecule has 27 heavy (non-hydrogen) atoms. The Bertz CT molecular complexity index is 778. The van der Waals surface area contributed by atoms with Gasteiger partial charge in [-0.1, -0.05) is 60.7 Å². The number of Topliss-reactive ketones (excluding diaryl/α,β-unsaturated/α-hetero) is 1. The normalized spacial score (nSPS) is 24.3. The molecule has 0 spiro atoms. The van der Waals surface area contributed by atoms with Crippen LogP contribution in [0.4, 0.5) is 4.79 Å². The van der Waals surface area contributed by atoms with Gasteiger partial charge in [-0.15, -0.1) is 0 Å². The highest BCUT2D eigenvalue weighted by molar-refractivity contribution is 5.98. The van der Waals surface area contributed by atoms with Gasteiger partial charge in [0, 0.05) is 11.5 Å². The zero-order valence-corrected chi connectivity index (χ0v) is 15.1. The van der Waals surface area contributed by atoms with E-state index in [1.807, 2.05) is 60.7 Å². The maximum absolute atomic E-state index is 12.8. The summed E-state index contributed by atoms with van der Waals surface area (Å²) < 4.78 is 11.2. The van der Waals surface area contributed by atoms with Crippen molar-refractivity contribution in [2.75, 3.05) is 13.2 Å². The Hall–Kier alpha value is -2.66. The molecular weight excluding hydrogens is 342 g/mol. The van der Waals surface area contributed by atoms with E-state index < -0.39 is 0 Å². The van der Waals surface area contributed by atoms with Crippen molar-refractivity contribution < 1.29 is 19.1 Å². The van der Waals surface area contributed by atoms with Crippen LogP contribution >= 0.6 is 0 Å². The number of piperidine rings is 1. The molecule has 2 heterocycles. The van der Waals surface area contributed by atoms with Crippen LogP contribution in [-0.2, 0) is 16.1 Å². The fourth-order valence-corrected chi connectivity index (χ4v) is 4.06.